The topological polar surface area (TPSA) is 38.1 Å². The van der Waals surface area contributed by atoms with E-state index in [4.69, 9.17) is 0 Å². The van der Waals surface area contributed by atoms with E-state index in [2.05, 4.69) is 24.7 Å². The van der Waals surface area contributed by atoms with E-state index in [9.17, 15) is 4.79 Å². The highest BCUT2D eigenvalue weighted by atomic mass is 32.1. The summed E-state index contributed by atoms with van der Waals surface area (Å²) in [6.45, 7) is 6.85. The minimum atomic E-state index is 0.0911. The zero-order chi connectivity index (χ0) is 12.7. The van der Waals surface area contributed by atoms with Gasteiger partial charge in [-0.3, -0.25) is 9.48 Å². The minimum Gasteiger partial charge on any atom is -0.335 e. The third-order valence-corrected chi connectivity index (χ3v) is 3.93. The molecule has 2 atom stereocenters. The molecule has 0 aliphatic carbocycles. The highest BCUT2D eigenvalue weighted by Gasteiger charge is 2.33. The number of hydrogen-bond donors (Lipinski definition) is 1. The van der Waals surface area contributed by atoms with Gasteiger partial charge in [-0.25, -0.2) is 0 Å². The van der Waals surface area contributed by atoms with Crippen LogP contribution in [0.5, 0.6) is 0 Å². The second-order valence-electron chi connectivity index (χ2n) is 4.79. The molecule has 0 bridgehead atoms. The molecule has 4 nitrogen and oxygen atoms in total. The van der Waals surface area contributed by atoms with Gasteiger partial charge in [0.15, 0.2) is 0 Å². The molecule has 1 aliphatic heterocycles. The molecule has 1 aromatic rings. The maximum atomic E-state index is 11.9. The molecule has 94 valence electrons. The molecule has 17 heavy (non-hydrogen) atoms. The van der Waals surface area contributed by atoms with E-state index in [1.54, 1.807) is 0 Å². The fraction of sp³-hybridized carbons (Fsp3) is 0.667. The number of likely N-dealkylation sites (tertiary alicyclic amines) is 1. The standard InChI is InChI=1S/C12H19N3OS/c1-7-12(8(2)14(4)13-7)9(3)15-6-10(17)5-11(15)16/h9-10,17H,5-6H2,1-4H3. The number of carbonyl (C=O) groups excluding carboxylic acids is 1. The Kier molecular flexibility index (Phi) is 3.21. The van der Waals surface area contributed by atoms with Crippen molar-refractivity contribution in [2.24, 2.45) is 7.05 Å². The molecule has 2 unspecified atom stereocenters. The van der Waals surface area contributed by atoms with Crippen molar-refractivity contribution >= 4 is 18.5 Å². The van der Waals surface area contributed by atoms with Crippen LogP contribution in [0.2, 0.25) is 0 Å². The first kappa shape index (κ1) is 12.5. The van der Waals surface area contributed by atoms with Gasteiger partial charge in [0.05, 0.1) is 11.7 Å². The maximum absolute atomic E-state index is 11.9. The second kappa shape index (κ2) is 4.37. The molecule has 0 saturated carbocycles. The summed E-state index contributed by atoms with van der Waals surface area (Å²) in [7, 11) is 1.94. The summed E-state index contributed by atoms with van der Waals surface area (Å²) < 4.78 is 1.87. The molecule has 1 saturated heterocycles. The van der Waals surface area contributed by atoms with Gasteiger partial charge in [0.1, 0.15) is 0 Å². The van der Waals surface area contributed by atoms with E-state index < -0.39 is 0 Å². The number of hydrogen-bond acceptors (Lipinski definition) is 3. The number of thiol groups is 1. The third-order valence-electron chi connectivity index (χ3n) is 3.59. The predicted molar refractivity (Wildman–Crippen MR) is 70.2 cm³/mol. The van der Waals surface area contributed by atoms with Gasteiger partial charge in [0.2, 0.25) is 5.91 Å². The van der Waals surface area contributed by atoms with Crippen molar-refractivity contribution in [1.82, 2.24) is 14.7 Å². The molecular weight excluding hydrogens is 234 g/mol. The van der Waals surface area contributed by atoms with Crippen molar-refractivity contribution < 1.29 is 4.79 Å². The van der Waals surface area contributed by atoms with Gasteiger partial charge in [0, 0.05) is 36.5 Å². The van der Waals surface area contributed by atoms with E-state index in [0.29, 0.717) is 6.42 Å². The Morgan fingerprint density at radius 1 is 1.47 bits per heavy atom. The number of rotatable bonds is 2. The summed E-state index contributed by atoms with van der Waals surface area (Å²) in [5.41, 5.74) is 3.31. The number of aryl methyl sites for hydroxylation is 2. The first-order chi connectivity index (χ1) is 7.91. The smallest absolute Gasteiger partial charge is 0.224 e. The second-order valence-corrected chi connectivity index (χ2v) is 5.52. The Balaban J connectivity index is 2.31. The summed E-state index contributed by atoms with van der Waals surface area (Å²) >= 11 is 4.39. The third kappa shape index (κ3) is 2.08. The summed E-state index contributed by atoms with van der Waals surface area (Å²) in [5.74, 6) is 0.195. The maximum Gasteiger partial charge on any atom is 0.224 e. The summed E-state index contributed by atoms with van der Waals surface area (Å²) in [6.07, 6.45) is 0.547. The van der Waals surface area contributed by atoms with Crippen LogP contribution >= 0.6 is 12.6 Å². The minimum absolute atomic E-state index is 0.0911. The van der Waals surface area contributed by atoms with Crippen LogP contribution in [0.1, 0.15) is 36.3 Å². The highest BCUT2D eigenvalue weighted by Crippen LogP contribution is 2.30. The lowest BCUT2D eigenvalue weighted by Gasteiger charge is -2.25. The van der Waals surface area contributed by atoms with E-state index in [1.165, 1.54) is 5.56 Å². The Morgan fingerprint density at radius 3 is 2.53 bits per heavy atom. The van der Waals surface area contributed by atoms with Crippen LogP contribution in [0.25, 0.3) is 0 Å². The molecule has 5 heteroatoms. The van der Waals surface area contributed by atoms with E-state index in [-0.39, 0.29) is 17.2 Å². The monoisotopic (exact) mass is 253 g/mol. The molecule has 1 aromatic heterocycles. The molecular formula is C12H19N3OS. The Hall–Kier alpha value is -0.970. The van der Waals surface area contributed by atoms with Gasteiger partial charge in [-0.1, -0.05) is 0 Å². The van der Waals surface area contributed by atoms with Crippen molar-refractivity contribution in [1.29, 1.82) is 0 Å². The first-order valence-corrected chi connectivity index (χ1v) is 6.41. The zero-order valence-electron chi connectivity index (χ0n) is 10.8. The lowest BCUT2D eigenvalue weighted by molar-refractivity contribution is -0.129. The normalized spacial score (nSPS) is 22.3. The molecule has 0 N–H and O–H groups in total. The van der Waals surface area contributed by atoms with Gasteiger partial charge in [-0.2, -0.15) is 17.7 Å². The molecule has 1 amide bonds. The lowest BCUT2D eigenvalue weighted by atomic mass is 10.1. The van der Waals surface area contributed by atoms with Gasteiger partial charge < -0.3 is 4.90 Å². The van der Waals surface area contributed by atoms with E-state index >= 15 is 0 Å². The van der Waals surface area contributed by atoms with Crippen molar-refractivity contribution in [2.75, 3.05) is 6.54 Å². The summed E-state index contributed by atoms with van der Waals surface area (Å²) in [6, 6.07) is 0.0911. The van der Waals surface area contributed by atoms with Crippen molar-refractivity contribution in [2.45, 2.75) is 38.5 Å². The Morgan fingerprint density at radius 2 is 2.12 bits per heavy atom. The van der Waals surface area contributed by atoms with Crippen molar-refractivity contribution in [3.05, 3.63) is 17.0 Å². The SMILES string of the molecule is Cc1nn(C)c(C)c1C(C)N1CC(S)CC1=O. The molecule has 2 rings (SSSR count). The van der Waals surface area contributed by atoms with Crippen molar-refractivity contribution in [3.8, 4) is 0 Å². The number of amides is 1. The van der Waals surface area contributed by atoms with E-state index in [0.717, 1.165) is 17.9 Å². The summed E-state index contributed by atoms with van der Waals surface area (Å²) in [5, 5.41) is 4.58. The quantitative estimate of drug-likeness (QED) is 0.814. The van der Waals surface area contributed by atoms with Gasteiger partial charge in [-0.05, 0) is 20.8 Å². The molecule has 1 aliphatic rings. The van der Waals surface area contributed by atoms with Crippen LogP contribution < -0.4 is 0 Å². The Bertz CT molecular complexity index is 455. The average Bonchev–Trinajstić information content (AvgIpc) is 2.68. The van der Waals surface area contributed by atoms with Crippen LogP contribution in [0.4, 0.5) is 0 Å². The zero-order valence-corrected chi connectivity index (χ0v) is 11.7. The largest absolute Gasteiger partial charge is 0.335 e. The van der Waals surface area contributed by atoms with E-state index in [1.807, 2.05) is 30.5 Å². The fourth-order valence-electron chi connectivity index (χ4n) is 2.64. The highest BCUT2D eigenvalue weighted by molar-refractivity contribution is 7.81. The predicted octanol–water partition coefficient (Wildman–Crippen LogP) is 1.63. The first-order valence-electron chi connectivity index (χ1n) is 5.89. The van der Waals surface area contributed by atoms with Gasteiger partial charge in [0.25, 0.3) is 0 Å². The molecule has 1 fully saturated rings. The molecule has 0 aromatic carbocycles. The van der Waals surface area contributed by atoms with Crippen LogP contribution in [-0.4, -0.2) is 32.4 Å². The Labute approximate surface area is 107 Å². The van der Waals surface area contributed by atoms with Crippen molar-refractivity contribution in [3.63, 3.8) is 0 Å². The van der Waals surface area contributed by atoms with Crippen LogP contribution in [0, 0.1) is 13.8 Å². The molecule has 0 spiro atoms. The number of nitrogens with zero attached hydrogens (tertiary/aromatic N) is 3. The molecule has 2 heterocycles. The van der Waals surface area contributed by atoms with Crippen LogP contribution in [-0.2, 0) is 11.8 Å². The van der Waals surface area contributed by atoms with Gasteiger partial charge >= 0.3 is 0 Å². The summed E-state index contributed by atoms with van der Waals surface area (Å²) in [4.78, 5) is 13.8. The number of carbonyl (C=O) groups is 1. The van der Waals surface area contributed by atoms with Gasteiger partial charge in [-0.15, -0.1) is 0 Å². The fourth-order valence-corrected chi connectivity index (χ4v) is 2.97. The van der Waals surface area contributed by atoms with Crippen LogP contribution in [0.15, 0.2) is 0 Å². The molecule has 0 radical (unpaired) electrons. The number of aromatic nitrogens is 2. The lowest BCUT2D eigenvalue weighted by Crippen LogP contribution is -2.29. The van der Waals surface area contributed by atoms with Crippen LogP contribution in [0.3, 0.4) is 0 Å². The average molecular weight is 253 g/mol.